The Hall–Kier alpha value is -3.84. The minimum Gasteiger partial charge on any atom is -0.489 e. The Balaban J connectivity index is 1.66. The third-order valence-corrected chi connectivity index (χ3v) is 4.52. The van der Waals surface area contributed by atoms with E-state index in [-0.39, 0.29) is 5.57 Å². The van der Waals surface area contributed by atoms with Gasteiger partial charge in [-0.25, -0.2) is 0 Å². The smallest absolute Gasteiger partial charge is 0.266 e. The Morgan fingerprint density at radius 2 is 1.67 bits per heavy atom. The molecule has 0 aromatic heterocycles. The van der Waals surface area contributed by atoms with Crippen molar-refractivity contribution in [2.75, 3.05) is 5.32 Å². The van der Waals surface area contributed by atoms with Gasteiger partial charge in [0.05, 0.1) is 0 Å². The van der Waals surface area contributed by atoms with Gasteiger partial charge in [-0.2, -0.15) is 5.26 Å². The lowest BCUT2D eigenvalue weighted by molar-refractivity contribution is -0.112. The zero-order chi connectivity index (χ0) is 21.5. The minimum atomic E-state index is -0.428. The molecule has 0 bridgehead atoms. The van der Waals surface area contributed by atoms with Crippen molar-refractivity contribution in [1.29, 1.82) is 5.26 Å². The van der Waals surface area contributed by atoms with Crippen LogP contribution in [0.3, 0.4) is 0 Å². The molecule has 3 rings (SSSR count). The van der Waals surface area contributed by atoms with Gasteiger partial charge in [-0.05, 0) is 73.4 Å². The molecule has 0 unspecified atom stereocenters. The summed E-state index contributed by atoms with van der Waals surface area (Å²) in [6.45, 7) is 6.46. The number of nitrogens with one attached hydrogen (secondary N) is 1. The number of anilines is 1. The van der Waals surface area contributed by atoms with Crippen LogP contribution in [0.1, 0.15) is 27.8 Å². The predicted molar refractivity (Wildman–Crippen MR) is 120 cm³/mol. The number of amides is 1. The highest BCUT2D eigenvalue weighted by Gasteiger charge is 2.10. The fraction of sp³-hybridized carbons (Fsp3) is 0.154. The van der Waals surface area contributed by atoms with E-state index in [4.69, 9.17) is 4.74 Å². The van der Waals surface area contributed by atoms with E-state index in [1.807, 2.05) is 87.5 Å². The number of ether oxygens (including phenoxy) is 1. The Morgan fingerprint density at radius 3 is 2.30 bits per heavy atom. The van der Waals surface area contributed by atoms with Crippen molar-refractivity contribution in [1.82, 2.24) is 0 Å². The fourth-order valence-electron chi connectivity index (χ4n) is 3.19. The summed E-state index contributed by atoms with van der Waals surface area (Å²) in [4.78, 5) is 12.5. The molecule has 1 amide bonds. The van der Waals surface area contributed by atoms with Crippen molar-refractivity contribution in [2.24, 2.45) is 0 Å². The van der Waals surface area contributed by atoms with E-state index in [9.17, 15) is 10.1 Å². The molecule has 0 aliphatic carbocycles. The van der Waals surface area contributed by atoms with Crippen molar-refractivity contribution in [3.05, 3.63) is 100 Å². The molecule has 0 aliphatic rings. The molecule has 4 heteroatoms. The average Bonchev–Trinajstić information content (AvgIpc) is 2.70. The lowest BCUT2D eigenvalue weighted by Gasteiger charge is -2.08. The van der Waals surface area contributed by atoms with Crippen LogP contribution in [0, 0.1) is 32.1 Å². The van der Waals surface area contributed by atoms with Gasteiger partial charge in [0, 0.05) is 5.69 Å². The second kappa shape index (κ2) is 9.58. The topological polar surface area (TPSA) is 62.1 Å². The third-order valence-electron chi connectivity index (χ3n) is 4.52. The van der Waals surface area contributed by atoms with Gasteiger partial charge in [0.1, 0.15) is 24.0 Å². The first-order valence-electron chi connectivity index (χ1n) is 9.73. The number of carbonyl (C=O) groups excluding carboxylic acids is 1. The van der Waals surface area contributed by atoms with E-state index in [0.717, 1.165) is 28.0 Å². The molecule has 4 nitrogen and oxygen atoms in total. The average molecular weight is 396 g/mol. The van der Waals surface area contributed by atoms with Crippen LogP contribution in [0.15, 0.2) is 72.3 Å². The van der Waals surface area contributed by atoms with Gasteiger partial charge < -0.3 is 10.1 Å². The van der Waals surface area contributed by atoms with E-state index >= 15 is 0 Å². The number of rotatable bonds is 6. The van der Waals surface area contributed by atoms with Gasteiger partial charge >= 0.3 is 0 Å². The van der Waals surface area contributed by atoms with Crippen LogP contribution in [-0.2, 0) is 11.4 Å². The van der Waals surface area contributed by atoms with Crippen LogP contribution in [-0.4, -0.2) is 5.91 Å². The Kier molecular flexibility index (Phi) is 6.67. The number of nitriles is 1. The van der Waals surface area contributed by atoms with E-state index in [1.54, 1.807) is 6.08 Å². The number of carbonyl (C=O) groups is 1. The molecule has 1 N–H and O–H groups in total. The van der Waals surface area contributed by atoms with Crippen LogP contribution in [0.5, 0.6) is 5.75 Å². The molecule has 30 heavy (non-hydrogen) atoms. The number of hydrogen-bond donors (Lipinski definition) is 1. The van der Waals surface area contributed by atoms with E-state index < -0.39 is 5.91 Å². The highest BCUT2D eigenvalue weighted by atomic mass is 16.5. The van der Waals surface area contributed by atoms with Crippen molar-refractivity contribution in [2.45, 2.75) is 27.4 Å². The van der Waals surface area contributed by atoms with Crippen molar-refractivity contribution in [3.63, 3.8) is 0 Å². The summed E-state index contributed by atoms with van der Waals surface area (Å²) in [5.41, 5.74) is 5.88. The maximum Gasteiger partial charge on any atom is 0.266 e. The molecule has 0 aliphatic heterocycles. The van der Waals surface area contributed by atoms with Crippen LogP contribution >= 0.6 is 0 Å². The molecule has 0 atom stereocenters. The Morgan fingerprint density at radius 1 is 0.967 bits per heavy atom. The van der Waals surface area contributed by atoms with Gasteiger partial charge in [0.15, 0.2) is 0 Å². The summed E-state index contributed by atoms with van der Waals surface area (Å²) in [5.74, 6) is 0.300. The second-order valence-corrected chi connectivity index (χ2v) is 7.35. The zero-order valence-corrected chi connectivity index (χ0v) is 17.4. The zero-order valence-electron chi connectivity index (χ0n) is 17.4. The largest absolute Gasteiger partial charge is 0.489 e. The van der Waals surface area contributed by atoms with E-state index in [1.165, 1.54) is 5.56 Å². The van der Waals surface area contributed by atoms with Gasteiger partial charge in [-0.3, -0.25) is 4.79 Å². The molecule has 0 fully saturated rings. The maximum atomic E-state index is 12.5. The summed E-state index contributed by atoms with van der Waals surface area (Å²) in [6, 6.07) is 23.2. The summed E-state index contributed by atoms with van der Waals surface area (Å²) in [7, 11) is 0. The quantitative estimate of drug-likeness (QED) is 0.427. The minimum absolute atomic E-state index is 0.0441. The summed E-state index contributed by atoms with van der Waals surface area (Å²) >= 11 is 0. The first-order valence-corrected chi connectivity index (χ1v) is 9.73. The van der Waals surface area contributed by atoms with Crippen molar-refractivity contribution >= 4 is 17.7 Å². The van der Waals surface area contributed by atoms with E-state index in [2.05, 4.69) is 11.4 Å². The lowest BCUT2D eigenvalue weighted by Crippen LogP contribution is -2.13. The first kappa shape index (κ1) is 20.9. The number of aryl methyl sites for hydroxylation is 3. The Bertz CT molecular complexity index is 1100. The molecule has 0 saturated heterocycles. The van der Waals surface area contributed by atoms with Crippen LogP contribution in [0.25, 0.3) is 6.08 Å². The summed E-state index contributed by atoms with van der Waals surface area (Å²) < 4.78 is 5.82. The van der Waals surface area contributed by atoms with Gasteiger partial charge in [-0.1, -0.05) is 48.0 Å². The lowest BCUT2D eigenvalue weighted by atomic mass is 10.1. The molecule has 3 aromatic rings. The second-order valence-electron chi connectivity index (χ2n) is 7.35. The highest BCUT2D eigenvalue weighted by Crippen LogP contribution is 2.18. The number of nitrogens with zero attached hydrogens (tertiary/aromatic N) is 1. The van der Waals surface area contributed by atoms with E-state index in [0.29, 0.717) is 12.3 Å². The molecular formula is C26H24N2O2. The molecule has 0 radical (unpaired) electrons. The van der Waals surface area contributed by atoms with Crippen LogP contribution < -0.4 is 10.1 Å². The number of hydrogen-bond acceptors (Lipinski definition) is 3. The molecule has 0 saturated carbocycles. The fourth-order valence-corrected chi connectivity index (χ4v) is 3.19. The van der Waals surface area contributed by atoms with Crippen LogP contribution in [0.4, 0.5) is 5.69 Å². The number of benzene rings is 3. The Labute approximate surface area is 177 Å². The molecule has 0 spiro atoms. The normalized spacial score (nSPS) is 10.9. The molecular weight excluding hydrogens is 372 g/mol. The standard InChI is InChI=1S/C26H24N2O2/c1-18-5-4-6-22(12-18)17-30-25-9-7-21(8-10-25)15-23(16-27)26(29)28-24-13-19(2)11-20(3)14-24/h4-15H,17H2,1-3H3,(H,28,29)/b23-15-. The van der Waals surface area contributed by atoms with Crippen LogP contribution in [0.2, 0.25) is 0 Å². The van der Waals surface area contributed by atoms with Gasteiger partial charge in [-0.15, -0.1) is 0 Å². The molecule has 3 aromatic carbocycles. The highest BCUT2D eigenvalue weighted by molar-refractivity contribution is 6.09. The third kappa shape index (κ3) is 5.83. The van der Waals surface area contributed by atoms with Gasteiger partial charge in [0.25, 0.3) is 5.91 Å². The molecule has 0 heterocycles. The summed E-state index contributed by atoms with van der Waals surface area (Å²) in [5, 5.41) is 12.2. The first-order chi connectivity index (χ1) is 14.4. The monoisotopic (exact) mass is 396 g/mol. The predicted octanol–water partition coefficient (Wildman–Crippen LogP) is 5.74. The summed E-state index contributed by atoms with van der Waals surface area (Å²) in [6.07, 6.45) is 1.57. The maximum absolute atomic E-state index is 12.5. The molecule has 150 valence electrons. The van der Waals surface area contributed by atoms with Crippen molar-refractivity contribution < 1.29 is 9.53 Å². The SMILES string of the molecule is Cc1cccc(COc2ccc(/C=C(/C#N)C(=O)Nc3cc(C)cc(C)c3)cc2)c1. The van der Waals surface area contributed by atoms with Gasteiger partial charge in [0.2, 0.25) is 0 Å². The van der Waals surface area contributed by atoms with Crippen molar-refractivity contribution in [3.8, 4) is 11.8 Å².